The molecule has 0 aliphatic rings. The van der Waals surface area contributed by atoms with Gasteiger partial charge in [-0.3, -0.25) is 0 Å². The first-order chi connectivity index (χ1) is 8.08. The van der Waals surface area contributed by atoms with Crippen molar-refractivity contribution in [1.29, 1.82) is 0 Å². The van der Waals surface area contributed by atoms with E-state index in [1.54, 1.807) is 6.08 Å². The Morgan fingerprint density at radius 3 is 2.47 bits per heavy atom. The van der Waals surface area contributed by atoms with Gasteiger partial charge in [-0.1, -0.05) is 19.9 Å². The molecule has 0 aromatic heterocycles. The number of sulfonamides is 1. The van der Waals surface area contributed by atoms with E-state index in [2.05, 4.69) is 18.8 Å². The van der Waals surface area contributed by atoms with Gasteiger partial charge >= 0.3 is 0 Å². The topological polar surface area (TPSA) is 49.4 Å². The lowest BCUT2D eigenvalue weighted by molar-refractivity contribution is 0.440. The van der Waals surface area contributed by atoms with Crippen LogP contribution in [-0.2, 0) is 10.0 Å². The zero-order chi connectivity index (χ0) is 13.1. The highest BCUT2D eigenvalue weighted by Crippen LogP contribution is 2.04. The summed E-state index contributed by atoms with van der Waals surface area (Å²) in [5.41, 5.74) is 0. The van der Waals surface area contributed by atoms with Gasteiger partial charge < -0.3 is 5.32 Å². The Morgan fingerprint density at radius 1 is 1.24 bits per heavy atom. The molecule has 0 radical (unpaired) electrons. The summed E-state index contributed by atoms with van der Waals surface area (Å²) in [5, 5.41) is 3.21. The van der Waals surface area contributed by atoms with E-state index in [9.17, 15) is 8.42 Å². The van der Waals surface area contributed by atoms with Gasteiger partial charge in [0.1, 0.15) is 0 Å². The average Bonchev–Trinajstić information content (AvgIpc) is 2.28. The van der Waals surface area contributed by atoms with E-state index in [0.717, 1.165) is 25.9 Å². The Balaban J connectivity index is 4.08. The van der Waals surface area contributed by atoms with E-state index in [4.69, 9.17) is 0 Å². The molecule has 0 spiro atoms. The van der Waals surface area contributed by atoms with Crippen molar-refractivity contribution in [2.75, 3.05) is 31.9 Å². The van der Waals surface area contributed by atoms with Crippen molar-refractivity contribution in [3.8, 4) is 0 Å². The molecule has 0 saturated heterocycles. The van der Waals surface area contributed by atoms with E-state index >= 15 is 0 Å². The van der Waals surface area contributed by atoms with E-state index < -0.39 is 10.0 Å². The monoisotopic (exact) mass is 262 g/mol. The fraction of sp³-hybridized carbons (Fsp3) is 0.833. The molecule has 0 aliphatic carbocycles. The number of rotatable bonds is 11. The summed E-state index contributed by atoms with van der Waals surface area (Å²) in [4.78, 5) is 0. The molecule has 0 unspecified atom stereocenters. The normalized spacial score (nSPS) is 11.9. The van der Waals surface area contributed by atoms with Crippen LogP contribution in [0, 0.1) is 0 Å². The molecular formula is C12H26N2O2S. The third-order valence-corrected chi connectivity index (χ3v) is 4.30. The first kappa shape index (κ1) is 16.6. The van der Waals surface area contributed by atoms with Gasteiger partial charge in [0.25, 0.3) is 0 Å². The Hall–Kier alpha value is -0.390. The van der Waals surface area contributed by atoms with E-state index in [0.29, 0.717) is 19.5 Å². The molecule has 4 nitrogen and oxygen atoms in total. The second kappa shape index (κ2) is 9.62. The fourth-order valence-electron chi connectivity index (χ4n) is 1.55. The molecule has 0 saturated carbocycles. The molecule has 0 fully saturated rings. The maximum atomic E-state index is 12.0. The number of nitrogens with zero attached hydrogens (tertiary/aromatic N) is 1. The number of hydrogen-bond donors (Lipinski definition) is 1. The van der Waals surface area contributed by atoms with Crippen LogP contribution in [0.25, 0.3) is 0 Å². The maximum absolute atomic E-state index is 12.0. The molecule has 5 heteroatoms. The molecule has 0 bridgehead atoms. The van der Waals surface area contributed by atoms with Crippen LogP contribution in [0.1, 0.15) is 33.1 Å². The highest BCUT2D eigenvalue weighted by Gasteiger charge is 2.18. The highest BCUT2D eigenvalue weighted by molar-refractivity contribution is 7.89. The summed E-state index contributed by atoms with van der Waals surface area (Å²) in [7, 11) is -3.11. The lowest BCUT2D eigenvalue weighted by Gasteiger charge is -2.19. The summed E-state index contributed by atoms with van der Waals surface area (Å²) in [6.45, 7) is 10.4. The molecule has 0 aromatic rings. The first-order valence-corrected chi connectivity index (χ1v) is 7.98. The van der Waals surface area contributed by atoms with Crippen LogP contribution in [0.2, 0.25) is 0 Å². The number of nitrogens with one attached hydrogen (secondary N) is 1. The van der Waals surface area contributed by atoms with Crippen LogP contribution in [-0.4, -0.2) is 44.7 Å². The Kier molecular flexibility index (Phi) is 9.40. The summed E-state index contributed by atoms with van der Waals surface area (Å²) in [5.74, 6) is 0.220. The van der Waals surface area contributed by atoms with Gasteiger partial charge in [-0.15, -0.1) is 6.58 Å². The predicted molar refractivity (Wildman–Crippen MR) is 73.6 cm³/mol. The minimum absolute atomic E-state index is 0.220. The van der Waals surface area contributed by atoms with Gasteiger partial charge in [0, 0.05) is 13.1 Å². The molecule has 102 valence electrons. The van der Waals surface area contributed by atoms with Gasteiger partial charge in [-0.25, -0.2) is 8.42 Å². The highest BCUT2D eigenvalue weighted by atomic mass is 32.2. The van der Waals surface area contributed by atoms with Gasteiger partial charge in [-0.05, 0) is 32.4 Å². The van der Waals surface area contributed by atoms with Gasteiger partial charge in [-0.2, -0.15) is 4.31 Å². The molecular weight excluding hydrogens is 236 g/mol. The SMILES string of the molecule is C=CCN(CCC)S(=O)(=O)CCCNCCC. The maximum Gasteiger partial charge on any atom is 0.214 e. The van der Waals surface area contributed by atoms with Crippen molar-refractivity contribution in [3.05, 3.63) is 12.7 Å². The molecule has 0 atom stereocenters. The summed E-state index contributed by atoms with van der Waals surface area (Å²) < 4.78 is 25.5. The van der Waals surface area contributed by atoms with Crippen molar-refractivity contribution in [3.63, 3.8) is 0 Å². The van der Waals surface area contributed by atoms with Crippen molar-refractivity contribution in [2.24, 2.45) is 0 Å². The van der Waals surface area contributed by atoms with Crippen molar-refractivity contribution >= 4 is 10.0 Å². The molecule has 17 heavy (non-hydrogen) atoms. The minimum Gasteiger partial charge on any atom is -0.317 e. The van der Waals surface area contributed by atoms with Crippen LogP contribution in [0.5, 0.6) is 0 Å². The van der Waals surface area contributed by atoms with Crippen LogP contribution < -0.4 is 5.32 Å². The number of hydrogen-bond acceptors (Lipinski definition) is 3. The molecule has 0 heterocycles. The first-order valence-electron chi connectivity index (χ1n) is 6.37. The predicted octanol–water partition coefficient (Wildman–Crippen LogP) is 1.60. The van der Waals surface area contributed by atoms with Crippen molar-refractivity contribution in [1.82, 2.24) is 9.62 Å². The van der Waals surface area contributed by atoms with Gasteiger partial charge in [0.15, 0.2) is 0 Å². The van der Waals surface area contributed by atoms with Crippen LogP contribution >= 0.6 is 0 Å². The van der Waals surface area contributed by atoms with Crippen molar-refractivity contribution in [2.45, 2.75) is 33.1 Å². The Bertz CT molecular complexity index is 289. The van der Waals surface area contributed by atoms with Crippen molar-refractivity contribution < 1.29 is 8.42 Å². The zero-order valence-corrected chi connectivity index (χ0v) is 11.9. The van der Waals surface area contributed by atoms with Gasteiger partial charge in [0.05, 0.1) is 5.75 Å². The minimum atomic E-state index is -3.11. The fourth-order valence-corrected chi connectivity index (χ4v) is 3.11. The van der Waals surface area contributed by atoms with E-state index in [1.807, 2.05) is 6.92 Å². The van der Waals surface area contributed by atoms with Crippen LogP contribution in [0.4, 0.5) is 0 Å². The van der Waals surface area contributed by atoms with E-state index in [-0.39, 0.29) is 5.75 Å². The largest absolute Gasteiger partial charge is 0.317 e. The van der Waals surface area contributed by atoms with E-state index in [1.165, 1.54) is 4.31 Å². The smallest absolute Gasteiger partial charge is 0.214 e. The van der Waals surface area contributed by atoms with Crippen LogP contribution in [0.3, 0.4) is 0 Å². The lowest BCUT2D eigenvalue weighted by Crippen LogP contribution is -2.34. The second-order valence-corrected chi connectivity index (χ2v) is 6.15. The third-order valence-electron chi connectivity index (χ3n) is 2.38. The standard InChI is InChI=1S/C12H26N2O2S/c1-4-8-13-9-7-12-17(15,16)14(10-5-2)11-6-3/h5,13H,2,4,6-12H2,1,3H3. The molecule has 0 rings (SSSR count). The lowest BCUT2D eigenvalue weighted by atomic mass is 10.4. The molecule has 0 amide bonds. The molecule has 0 aromatic carbocycles. The summed E-state index contributed by atoms with van der Waals surface area (Å²) in [6, 6.07) is 0. The van der Waals surface area contributed by atoms with Gasteiger partial charge in [0.2, 0.25) is 10.0 Å². The second-order valence-electron chi connectivity index (χ2n) is 4.07. The third kappa shape index (κ3) is 7.52. The average molecular weight is 262 g/mol. The summed E-state index contributed by atoms with van der Waals surface area (Å²) >= 11 is 0. The quantitative estimate of drug-likeness (QED) is 0.454. The van der Waals surface area contributed by atoms with Crippen LogP contribution in [0.15, 0.2) is 12.7 Å². The Morgan fingerprint density at radius 2 is 1.94 bits per heavy atom. The Labute approximate surface area is 106 Å². The summed E-state index contributed by atoms with van der Waals surface area (Å²) in [6.07, 6.45) is 4.22. The molecule has 0 aliphatic heterocycles. The zero-order valence-electron chi connectivity index (χ0n) is 11.1. The molecule has 1 N–H and O–H groups in total.